The Morgan fingerprint density at radius 1 is 0.881 bits per heavy atom. The van der Waals surface area contributed by atoms with E-state index in [0.29, 0.717) is 22.4 Å². The molecule has 12 heteroatoms. The van der Waals surface area contributed by atoms with Crippen LogP contribution in [0.1, 0.15) is 40.9 Å². The molecule has 5 nitrogen and oxygen atoms in total. The summed E-state index contributed by atoms with van der Waals surface area (Å²) >= 11 is 12.4. The molecule has 4 aromatic rings. The molecule has 1 aromatic heterocycles. The van der Waals surface area contributed by atoms with E-state index in [2.05, 4.69) is 10.3 Å². The number of hydrogen-bond acceptors (Lipinski definition) is 4. The van der Waals surface area contributed by atoms with Gasteiger partial charge in [0, 0.05) is 48.0 Å². The molecule has 0 bridgehead atoms. The van der Waals surface area contributed by atoms with Crippen LogP contribution in [-0.2, 0) is 17.5 Å². The summed E-state index contributed by atoms with van der Waals surface area (Å²) in [5.74, 6) is -3.53. The van der Waals surface area contributed by atoms with Crippen LogP contribution in [0.25, 0.3) is 22.3 Å². The molecule has 3 aromatic carbocycles. The molecule has 0 saturated heterocycles. The summed E-state index contributed by atoms with van der Waals surface area (Å²) in [6.07, 6.45) is -3.29. The zero-order valence-electron chi connectivity index (χ0n) is 21.5. The first-order chi connectivity index (χ1) is 19.8. The quantitative estimate of drug-likeness (QED) is 0.136. The lowest BCUT2D eigenvalue weighted by Crippen LogP contribution is -2.06. The number of anilines is 1. The molecule has 0 aliphatic rings. The number of carboxylic acid groups (broad SMARTS) is 1. The highest BCUT2D eigenvalue weighted by atomic mass is 35.5. The molecule has 0 saturated carbocycles. The van der Waals surface area contributed by atoms with Crippen LogP contribution in [0.2, 0.25) is 10.0 Å². The summed E-state index contributed by atoms with van der Waals surface area (Å²) in [6.45, 7) is 0.00238. The Balaban J connectivity index is 1.55. The minimum atomic E-state index is -4.64. The van der Waals surface area contributed by atoms with Crippen molar-refractivity contribution in [1.29, 1.82) is 0 Å². The van der Waals surface area contributed by atoms with Crippen molar-refractivity contribution in [2.75, 3.05) is 5.32 Å². The Morgan fingerprint density at radius 3 is 2.26 bits per heavy atom. The third-order valence-corrected chi connectivity index (χ3v) is 7.07. The van der Waals surface area contributed by atoms with Crippen molar-refractivity contribution in [3.05, 3.63) is 105 Å². The molecule has 4 rings (SSSR count). The number of halogens is 7. The number of nitrogens with zero attached hydrogens (tertiary/aromatic N) is 1. The predicted molar refractivity (Wildman–Crippen MR) is 150 cm³/mol. The summed E-state index contributed by atoms with van der Waals surface area (Å²) in [5.41, 5.74) is 0.994. The second kappa shape index (κ2) is 12.9. The Kier molecular flexibility index (Phi) is 9.48. The van der Waals surface area contributed by atoms with Gasteiger partial charge in [0.1, 0.15) is 5.69 Å². The van der Waals surface area contributed by atoms with Gasteiger partial charge in [0.15, 0.2) is 17.4 Å². The molecule has 0 amide bonds. The number of carboxylic acids is 1. The van der Waals surface area contributed by atoms with Crippen molar-refractivity contribution in [3.8, 4) is 22.3 Å². The van der Waals surface area contributed by atoms with E-state index in [0.717, 1.165) is 18.2 Å². The first kappa shape index (κ1) is 30.9. The van der Waals surface area contributed by atoms with E-state index in [9.17, 15) is 31.5 Å². The lowest BCUT2D eigenvalue weighted by atomic mass is 9.99. The fourth-order valence-corrected chi connectivity index (χ4v) is 4.87. The van der Waals surface area contributed by atoms with Crippen LogP contribution in [0, 0.1) is 11.6 Å². The number of aliphatic carboxylic acids is 1. The molecule has 42 heavy (non-hydrogen) atoms. The van der Waals surface area contributed by atoms with Crippen molar-refractivity contribution in [2.45, 2.75) is 32.0 Å². The lowest BCUT2D eigenvalue weighted by molar-refractivity contribution is -0.138. The monoisotopic (exact) mass is 622 g/mol. The molecule has 0 unspecified atom stereocenters. The fourth-order valence-electron chi connectivity index (χ4n) is 4.25. The molecule has 218 valence electrons. The third-order valence-electron chi connectivity index (χ3n) is 6.35. The van der Waals surface area contributed by atoms with Crippen molar-refractivity contribution in [2.24, 2.45) is 0 Å². The third kappa shape index (κ3) is 7.24. The van der Waals surface area contributed by atoms with Crippen LogP contribution in [0.5, 0.6) is 0 Å². The van der Waals surface area contributed by atoms with E-state index >= 15 is 0 Å². The molecule has 0 aliphatic carbocycles. The number of benzene rings is 3. The van der Waals surface area contributed by atoms with E-state index < -0.39 is 34.4 Å². The predicted octanol–water partition coefficient (Wildman–Crippen LogP) is 9.07. The SMILES string of the molecule is O=C(O)CCCC(=O)c1ccc(-c2cc(F)c(F)cc2CNc2ccc(-c3cccc(C(F)(F)F)c3Cl)c(Cl)c2)cn1. The zero-order chi connectivity index (χ0) is 30.6. The molecule has 0 radical (unpaired) electrons. The number of aromatic nitrogens is 1. The summed E-state index contributed by atoms with van der Waals surface area (Å²) in [7, 11) is 0. The van der Waals surface area contributed by atoms with Crippen LogP contribution in [-0.4, -0.2) is 21.8 Å². The minimum absolute atomic E-state index is 0.000309. The van der Waals surface area contributed by atoms with Crippen molar-refractivity contribution in [3.63, 3.8) is 0 Å². The Morgan fingerprint density at radius 2 is 1.62 bits per heavy atom. The average Bonchev–Trinajstić information content (AvgIpc) is 2.93. The van der Waals surface area contributed by atoms with Crippen LogP contribution >= 0.6 is 23.2 Å². The number of nitrogens with one attached hydrogen (secondary N) is 1. The molecular formula is C30H21Cl2F5N2O3. The van der Waals surface area contributed by atoms with Gasteiger partial charge in [-0.25, -0.2) is 8.78 Å². The van der Waals surface area contributed by atoms with E-state index in [1.165, 1.54) is 42.6 Å². The highest BCUT2D eigenvalue weighted by Crippen LogP contribution is 2.42. The number of pyridine rings is 1. The van der Waals surface area contributed by atoms with Crippen molar-refractivity contribution < 1.29 is 36.6 Å². The largest absolute Gasteiger partial charge is 0.481 e. The Hall–Kier alpha value is -4.02. The van der Waals surface area contributed by atoms with E-state index in [-0.39, 0.29) is 53.4 Å². The number of rotatable bonds is 10. The minimum Gasteiger partial charge on any atom is -0.481 e. The van der Waals surface area contributed by atoms with Gasteiger partial charge in [-0.15, -0.1) is 0 Å². The van der Waals surface area contributed by atoms with Gasteiger partial charge in [-0.2, -0.15) is 13.2 Å². The number of carbonyl (C=O) groups is 2. The van der Waals surface area contributed by atoms with Crippen LogP contribution in [0.3, 0.4) is 0 Å². The summed E-state index contributed by atoms with van der Waals surface area (Å²) in [6, 6.07) is 13.0. The fraction of sp³-hybridized carbons (Fsp3) is 0.167. The van der Waals surface area contributed by atoms with Gasteiger partial charge in [0.25, 0.3) is 0 Å². The normalized spacial score (nSPS) is 11.4. The highest BCUT2D eigenvalue weighted by molar-refractivity contribution is 6.37. The number of ketones is 1. The molecule has 0 fully saturated rings. The van der Waals surface area contributed by atoms with Crippen molar-refractivity contribution in [1.82, 2.24) is 4.98 Å². The van der Waals surface area contributed by atoms with Crippen LogP contribution < -0.4 is 5.32 Å². The van der Waals surface area contributed by atoms with E-state index in [1.54, 1.807) is 6.07 Å². The highest BCUT2D eigenvalue weighted by Gasteiger charge is 2.34. The summed E-state index contributed by atoms with van der Waals surface area (Å²) in [5, 5.41) is 11.4. The Labute approximate surface area is 246 Å². The molecule has 0 atom stereocenters. The first-order valence-electron chi connectivity index (χ1n) is 12.4. The standard InChI is InChI=1S/C30H21Cl2F5N2O3/c31-23-12-18(8-9-19(23)20-3-1-4-22(29(20)32)30(35,36)37)38-15-17-11-24(33)25(34)13-21(17)16-7-10-26(39-14-16)27(40)5-2-6-28(41)42/h1,3-4,7-14,38H,2,5-6,15H2,(H,41,42). The molecule has 2 N–H and O–H groups in total. The van der Waals surface area contributed by atoms with Gasteiger partial charge in [0.2, 0.25) is 0 Å². The number of carbonyl (C=O) groups excluding carboxylic acids is 1. The number of Topliss-reactive ketones (excluding diaryl/α,β-unsaturated/α-hetero) is 1. The van der Waals surface area contributed by atoms with Crippen molar-refractivity contribution >= 4 is 40.6 Å². The van der Waals surface area contributed by atoms with Gasteiger partial charge in [0.05, 0.1) is 15.6 Å². The maximum absolute atomic E-state index is 14.2. The maximum atomic E-state index is 14.2. The molecule has 1 heterocycles. The maximum Gasteiger partial charge on any atom is 0.417 e. The second-order valence-electron chi connectivity index (χ2n) is 9.24. The van der Waals surface area contributed by atoms with Crippen LogP contribution in [0.4, 0.5) is 27.6 Å². The van der Waals surface area contributed by atoms with E-state index in [1.807, 2.05) is 0 Å². The van der Waals surface area contributed by atoms with Gasteiger partial charge in [-0.3, -0.25) is 14.6 Å². The van der Waals surface area contributed by atoms with Crippen LogP contribution in [0.15, 0.2) is 66.9 Å². The van der Waals surface area contributed by atoms with Gasteiger partial charge in [-0.1, -0.05) is 47.5 Å². The lowest BCUT2D eigenvalue weighted by Gasteiger charge is -2.15. The number of hydrogen-bond donors (Lipinski definition) is 2. The second-order valence-corrected chi connectivity index (χ2v) is 10.0. The Bertz CT molecular complexity index is 1640. The molecular weight excluding hydrogens is 602 g/mol. The van der Waals surface area contributed by atoms with E-state index in [4.69, 9.17) is 28.3 Å². The zero-order valence-corrected chi connectivity index (χ0v) is 23.0. The molecule has 0 spiro atoms. The average molecular weight is 623 g/mol. The topological polar surface area (TPSA) is 79.3 Å². The van der Waals surface area contributed by atoms with Gasteiger partial charge >= 0.3 is 12.1 Å². The first-order valence-corrected chi connectivity index (χ1v) is 13.2. The molecule has 0 aliphatic heterocycles. The smallest absolute Gasteiger partial charge is 0.417 e. The number of alkyl halides is 3. The van der Waals surface area contributed by atoms with Gasteiger partial charge in [-0.05, 0) is 53.9 Å². The summed E-state index contributed by atoms with van der Waals surface area (Å²) < 4.78 is 68.3. The van der Waals surface area contributed by atoms with Gasteiger partial charge < -0.3 is 10.4 Å². The summed E-state index contributed by atoms with van der Waals surface area (Å²) in [4.78, 5) is 27.0.